The van der Waals surface area contributed by atoms with Crippen LogP contribution in [0.2, 0.25) is 0 Å². The molecule has 4 nitrogen and oxygen atoms in total. The van der Waals surface area contributed by atoms with Gasteiger partial charge in [0, 0.05) is 0 Å². The maximum Gasteiger partial charge on any atom is 0.309 e. The highest BCUT2D eigenvalue weighted by atomic mass is 32.2. The average Bonchev–Trinajstić information content (AvgIpc) is 2.36. The minimum Gasteiger partial charge on any atom is -0.469 e. The lowest BCUT2D eigenvalue weighted by atomic mass is 9.87. The molecule has 21 heavy (non-hydrogen) atoms. The van der Waals surface area contributed by atoms with Crippen molar-refractivity contribution in [3.05, 3.63) is 35.4 Å². The van der Waals surface area contributed by atoms with Crippen LogP contribution in [0.5, 0.6) is 0 Å². The van der Waals surface area contributed by atoms with Crippen LogP contribution in [0.25, 0.3) is 0 Å². The van der Waals surface area contributed by atoms with Crippen LogP contribution in [0.15, 0.2) is 24.3 Å². The summed E-state index contributed by atoms with van der Waals surface area (Å²) >= 11 is 0. The second kappa shape index (κ2) is 6.60. The van der Waals surface area contributed by atoms with Gasteiger partial charge in [-0.2, -0.15) is 0 Å². The topological polar surface area (TPSA) is 60.4 Å². The number of esters is 1. The maximum atomic E-state index is 12.1. The summed E-state index contributed by atoms with van der Waals surface area (Å²) in [4.78, 5) is 11.3. The zero-order valence-corrected chi connectivity index (χ0v) is 14.2. The van der Waals surface area contributed by atoms with Gasteiger partial charge in [0.2, 0.25) is 0 Å². The molecule has 5 heteroatoms. The number of ether oxygens (including phenoxy) is 1. The van der Waals surface area contributed by atoms with Crippen molar-refractivity contribution in [2.45, 2.75) is 38.9 Å². The molecule has 0 spiro atoms. The Balaban J connectivity index is 2.78. The molecule has 0 aromatic heterocycles. The molecular weight excluding hydrogens is 288 g/mol. The third-order valence-electron chi connectivity index (χ3n) is 3.31. The molecule has 0 amide bonds. The zero-order valence-electron chi connectivity index (χ0n) is 13.3. The Kier molecular flexibility index (Phi) is 5.56. The summed E-state index contributed by atoms with van der Waals surface area (Å²) in [5.41, 5.74) is 1.93. The molecule has 118 valence electrons. The quantitative estimate of drug-likeness (QED) is 0.784. The van der Waals surface area contributed by atoms with E-state index in [0.717, 1.165) is 11.1 Å². The fourth-order valence-corrected chi connectivity index (χ4v) is 3.78. The van der Waals surface area contributed by atoms with Crippen molar-refractivity contribution in [3.63, 3.8) is 0 Å². The number of carbonyl (C=O) groups is 1. The van der Waals surface area contributed by atoms with Crippen molar-refractivity contribution in [3.8, 4) is 0 Å². The molecule has 1 unspecified atom stereocenters. The summed E-state index contributed by atoms with van der Waals surface area (Å²) in [7, 11) is -2.08. The predicted octanol–water partition coefficient (Wildman–Crippen LogP) is 2.71. The summed E-state index contributed by atoms with van der Waals surface area (Å²) in [6.45, 7) is 7.89. The van der Waals surface area contributed by atoms with Crippen molar-refractivity contribution in [1.29, 1.82) is 0 Å². The van der Waals surface area contributed by atoms with Gasteiger partial charge in [-0.1, -0.05) is 52.0 Å². The average molecular weight is 312 g/mol. The molecule has 1 aromatic carbocycles. The van der Waals surface area contributed by atoms with Crippen LogP contribution in [-0.2, 0) is 30.5 Å². The Labute approximate surface area is 127 Å². The summed E-state index contributed by atoms with van der Waals surface area (Å²) in [5.74, 6) is -1.39. The minimum atomic E-state index is -3.34. The van der Waals surface area contributed by atoms with Gasteiger partial charge in [0.05, 0.1) is 24.5 Å². The Hall–Kier alpha value is -1.36. The van der Waals surface area contributed by atoms with Gasteiger partial charge in [-0.3, -0.25) is 4.79 Å². The normalized spacial score (nSPS) is 13.8. The Morgan fingerprint density at radius 3 is 2.14 bits per heavy atom. The number of benzene rings is 1. The second-order valence-corrected chi connectivity index (χ2v) is 8.53. The zero-order chi connectivity index (χ0) is 16.3. The van der Waals surface area contributed by atoms with Gasteiger partial charge in [-0.25, -0.2) is 8.42 Å². The van der Waals surface area contributed by atoms with E-state index >= 15 is 0 Å². The van der Waals surface area contributed by atoms with Gasteiger partial charge in [0.25, 0.3) is 0 Å². The van der Waals surface area contributed by atoms with E-state index in [1.54, 1.807) is 6.92 Å². The lowest BCUT2D eigenvalue weighted by molar-refractivity contribution is -0.144. The summed E-state index contributed by atoms with van der Waals surface area (Å²) < 4.78 is 28.8. The number of carbonyl (C=O) groups excluding carboxylic acids is 1. The summed E-state index contributed by atoms with van der Waals surface area (Å²) in [6, 6.07) is 7.57. The number of rotatable bonds is 5. The molecule has 0 aliphatic heterocycles. The summed E-state index contributed by atoms with van der Waals surface area (Å²) in [5, 5.41) is 0. The lowest BCUT2D eigenvalue weighted by Crippen LogP contribution is -2.23. The van der Waals surface area contributed by atoms with Gasteiger partial charge in [-0.15, -0.1) is 0 Å². The first-order valence-corrected chi connectivity index (χ1v) is 8.75. The highest BCUT2D eigenvalue weighted by molar-refractivity contribution is 7.90. The first kappa shape index (κ1) is 17.7. The smallest absolute Gasteiger partial charge is 0.309 e. The molecule has 0 saturated heterocycles. The molecule has 0 N–H and O–H groups in total. The molecular formula is C16H24O4S. The van der Waals surface area contributed by atoms with E-state index in [1.807, 2.05) is 24.3 Å². The molecule has 1 atom stereocenters. The molecule has 0 aliphatic rings. The fourth-order valence-electron chi connectivity index (χ4n) is 2.06. The van der Waals surface area contributed by atoms with E-state index in [9.17, 15) is 13.2 Å². The maximum absolute atomic E-state index is 12.1. The van der Waals surface area contributed by atoms with Crippen molar-refractivity contribution in [1.82, 2.24) is 0 Å². The van der Waals surface area contributed by atoms with Crippen molar-refractivity contribution >= 4 is 15.8 Å². The van der Waals surface area contributed by atoms with E-state index in [1.165, 1.54) is 7.11 Å². The molecule has 0 saturated carbocycles. The Morgan fingerprint density at radius 2 is 1.71 bits per heavy atom. The Morgan fingerprint density at radius 1 is 1.19 bits per heavy atom. The van der Waals surface area contributed by atoms with Crippen molar-refractivity contribution in [2.75, 3.05) is 12.9 Å². The van der Waals surface area contributed by atoms with E-state index in [2.05, 4.69) is 25.5 Å². The van der Waals surface area contributed by atoms with Crippen LogP contribution in [0.4, 0.5) is 0 Å². The molecule has 1 rings (SSSR count). The third-order valence-corrected chi connectivity index (χ3v) is 5.10. The monoisotopic (exact) mass is 312 g/mol. The van der Waals surface area contributed by atoms with Crippen LogP contribution >= 0.6 is 0 Å². The Bertz CT molecular complexity index is 580. The van der Waals surface area contributed by atoms with Crippen molar-refractivity contribution in [2.24, 2.45) is 5.92 Å². The second-order valence-electron chi connectivity index (χ2n) is 6.43. The van der Waals surface area contributed by atoms with Gasteiger partial charge in [-0.05, 0) is 16.5 Å². The number of hydrogen-bond donors (Lipinski definition) is 0. The lowest BCUT2D eigenvalue weighted by Gasteiger charge is -2.19. The fraction of sp³-hybridized carbons (Fsp3) is 0.562. The van der Waals surface area contributed by atoms with Crippen LogP contribution in [0.1, 0.15) is 38.8 Å². The number of sulfone groups is 1. The molecule has 0 aliphatic carbocycles. The predicted molar refractivity (Wildman–Crippen MR) is 83.8 cm³/mol. The van der Waals surface area contributed by atoms with Crippen LogP contribution in [0, 0.1) is 5.92 Å². The van der Waals surface area contributed by atoms with Crippen molar-refractivity contribution < 1.29 is 17.9 Å². The highest BCUT2D eigenvalue weighted by Gasteiger charge is 2.22. The van der Waals surface area contributed by atoms with Gasteiger partial charge >= 0.3 is 5.97 Å². The van der Waals surface area contributed by atoms with E-state index in [-0.39, 0.29) is 16.9 Å². The van der Waals surface area contributed by atoms with Crippen LogP contribution < -0.4 is 0 Å². The largest absolute Gasteiger partial charge is 0.469 e. The van der Waals surface area contributed by atoms with E-state index < -0.39 is 21.7 Å². The third kappa shape index (κ3) is 5.50. The molecule has 0 heterocycles. The van der Waals surface area contributed by atoms with E-state index in [4.69, 9.17) is 0 Å². The number of hydrogen-bond acceptors (Lipinski definition) is 4. The van der Waals surface area contributed by atoms with Gasteiger partial charge < -0.3 is 4.74 Å². The molecule has 0 bridgehead atoms. The minimum absolute atomic E-state index is 0.0385. The first-order valence-electron chi connectivity index (χ1n) is 6.93. The molecule has 1 aromatic rings. The first-order chi connectivity index (χ1) is 9.55. The summed E-state index contributed by atoms with van der Waals surface area (Å²) in [6.07, 6.45) is 0. The van der Waals surface area contributed by atoms with E-state index in [0.29, 0.717) is 0 Å². The van der Waals surface area contributed by atoms with Crippen LogP contribution in [-0.4, -0.2) is 27.2 Å². The highest BCUT2D eigenvalue weighted by Crippen LogP contribution is 2.23. The standard InChI is InChI=1S/C16H24O4S/c1-12(15(17)20-5)10-21(18,19)11-13-6-8-14(9-7-13)16(2,3)4/h6-9,12H,10-11H2,1-5H3. The SMILES string of the molecule is COC(=O)C(C)CS(=O)(=O)Cc1ccc(C(C)(C)C)cc1. The van der Waals surface area contributed by atoms with Gasteiger partial charge in [0.1, 0.15) is 0 Å². The van der Waals surface area contributed by atoms with Gasteiger partial charge in [0.15, 0.2) is 9.84 Å². The van der Waals surface area contributed by atoms with Crippen LogP contribution in [0.3, 0.4) is 0 Å². The molecule has 0 radical (unpaired) electrons. The molecule has 0 fully saturated rings. The number of methoxy groups -OCH3 is 1.